The fourth-order valence-corrected chi connectivity index (χ4v) is 2.45. The second-order valence-corrected chi connectivity index (χ2v) is 5.36. The number of carbonyl (C=O) groups excluding carboxylic acids is 1. The molecular weight excluding hydrogens is 314 g/mol. The van der Waals surface area contributed by atoms with Gasteiger partial charge in [-0.1, -0.05) is 24.3 Å². The SMILES string of the molecule is O=C(CCc1cc2ccccc2[nH]c1=O)Nc1c(F)cccc1F. The number of aromatic amines is 1. The molecule has 0 bridgehead atoms. The van der Waals surface area contributed by atoms with E-state index in [0.717, 1.165) is 17.5 Å². The molecule has 0 aliphatic heterocycles. The number of aryl methyl sites for hydroxylation is 1. The summed E-state index contributed by atoms with van der Waals surface area (Å²) in [5, 5.41) is 3.06. The lowest BCUT2D eigenvalue weighted by atomic mass is 10.1. The number of para-hydroxylation sites is 2. The average molecular weight is 328 g/mol. The van der Waals surface area contributed by atoms with Crippen LogP contribution in [-0.4, -0.2) is 10.9 Å². The van der Waals surface area contributed by atoms with Crippen molar-refractivity contribution >= 4 is 22.5 Å². The van der Waals surface area contributed by atoms with Gasteiger partial charge in [0.2, 0.25) is 5.91 Å². The van der Waals surface area contributed by atoms with Crippen molar-refractivity contribution in [2.24, 2.45) is 0 Å². The van der Waals surface area contributed by atoms with Gasteiger partial charge in [-0.3, -0.25) is 9.59 Å². The van der Waals surface area contributed by atoms with Gasteiger partial charge in [-0.05, 0) is 36.1 Å². The van der Waals surface area contributed by atoms with Crippen LogP contribution in [0.3, 0.4) is 0 Å². The third-order valence-corrected chi connectivity index (χ3v) is 3.68. The Morgan fingerprint density at radius 3 is 2.50 bits per heavy atom. The normalized spacial score (nSPS) is 10.8. The summed E-state index contributed by atoms with van der Waals surface area (Å²) < 4.78 is 27.0. The van der Waals surface area contributed by atoms with Gasteiger partial charge >= 0.3 is 0 Å². The minimum absolute atomic E-state index is 0.0603. The summed E-state index contributed by atoms with van der Waals surface area (Å²) in [7, 11) is 0. The molecule has 0 unspecified atom stereocenters. The quantitative estimate of drug-likeness (QED) is 0.771. The predicted octanol–water partition coefficient (Wildman–Crippen LogP) is 3.38. The van der Waals surface area contributed by atoms with E-state index in [1.54, 1.807) is 12.1 Å². The molecule has 0 fully saturated rings. The minimum atomic E-state index is -0.841. The molecule has 24 heavy (non-hydrogen) atoms. The smallest absolute Gasteiger partial charge is 0.251 e. The van der Waals surface area contributed by atoms with Crippen LogP contribution >= 0.6 is 0 Å². The number of H-pyrrole nitrogens is 1. The van der Waals surface area contributed by atoms with Gasteiger partial charge in [-0.2, -0.15) is 0 Å². The van der Waals surface area contributed by atoms with Crippen LogP contribution in [0, 0.1) is 11.6 Å². The first-order valence-electron chi connectivity index (χ1n) is 7.39. The number of halogens is 2. The lowest BCUT2D eigenvalue weighted by Crippen LogP contribution is -2.18. The average Bonchev–Trinajstić information content (AvgIpc) is 2.56. The van der Waals surface area contributed by atoms with E-state index < -0.39 is 23.2 Å². The Bertz CT molecular complexity index is 946. The summed E-state index contributed by atoms with van der Waals surface area (Å²) >= 11 is 0. The number of nitrogens with one attached hydrogen (secondary N) is 2. The lowest BCUT2D eigenvalue weighted by molar-refractivity contribution is -0.116. The fourth-order valence-electron chi connectivity index (χ4n) is 2.45. The van der Waals surface area contributed by atoms with Crippen molar-refractivity contribution in [2.75, 3.05) is 5.32 Å². The number of rotatable bonds is 4. The Kier molecular flexibility index (Phi) is 4.37. The molecule has 0 saturated heterocycles. The van der Waals surface area contributed by atoms with Crippen molar-refractivity contribution in [3.8, 4) is 0 Å². The molecule has 3 rings (SSSR count). The number of benzene rings is 2. The zero-order valence-corrected chi connectivity index (χ0v) is 12.6. The molecule has 2 aromatic carbocycles. The summed E-state index contributed by atoms with van der Waals surface area (Å²) in [5.41, 5.74) is 0.399. The Hall–Kier alpha value is -3.02. The van der Waals surface area contributed by atoms with E-state index in [2.05, 4.69) is 10.3 Å². The first-order valence-corrected chi connectivity index (χ1v) is 7.39. The van der Waals surface area contributed by atoms with Crippen LogP contribution in [0.5, 0.6) is 0 Å². The Labute approximate surface area is 136 Å². The van der Waals surface area contributed by atoms with Crippen LogP contribution < -0.4 is 10.9 Å². The molecule has 6 heteroatoms. The van der Waals surface area contributed by atoms with Gasteiger partial charge in [0.15, 0.2) is 0 Å². The monoisotopic (exact) mass is 328 g/mol. The zero-order chi connectivity index (χ0) is 17.1. The predicted molar refractivity (Wildman–Crippen MR) is 87.9 cm³/mol. The van der Waals surface area contributed by atoms with E-state index in [0.29, 0.717) is 11.1 Å². The molecule has 2 N–H and O–H groups in total. The van der Waals surface area contributed by atoms with Gasteiger partial charge in [0.1, 0.15) is 17.3 Å². The molecule has 0 saturated carbocycles. The molecule has 1 amide bonds. The highest BCUT2D eigenvalue weighted by atomic mass is 19.1. The second kappa shape index (κ2) is 6.62. The van der Waals surface area contributed by atoms with Crippen LogP contribution in [-0.2, 0) is 11.2 Å². The Morgan fingerprint density at radius 1 is 1.04 bits per heavy atom. The molecular formula is C18H14F2N2O2. The van der Waals surface area contributed by atoms with Crippen molar-refractivity contribution in [3.05, 3.63) is 76.1 Å². The number of aromatic nitrogens is 1. The van der Waals surface area contributed by atoms with E-state index in [1.807, 2.05) is 18.2 Å². The Morgan fingerprint density at radius 2 is 1.75 bits per heavy atom. The van der Waals surface area contributed by atoms with Crippen molar-refractivity contribution in [1.29, 1.82) is 0 Å². The van der Waals surface area contributed by atoms with Gasteiger partial charge in [0.25, 0.3) is 5.56 Å². The maximum absolute atomic E-state index is 13.5. The molecule has 1 aromatic heterocycles. The number of hydrogen-bond acceptors (Lipinski definition) is 2. The van der Waals surface area contributed by atoms with E-state index in [-0.39, 0.29) is 18.4 Å². The second-order valence-electron chi connectivity index (χ2n) is 5.36. The standard InChI is InChI=1S/C18H14F2N2O2/c19-13-5-3-6-14(20)17(13)22-16(23)9-8-12-10-11-4-1-2-7-15(11)21-18(12)24/h1-7,10H,8-9H2,(H,21,24)(H,22,23). The number of carbonyl (C=O) groups is 1. The summed E-state index contributed by atoms with van der Waals surface area (Å²) in [6.45, 7) is 0. The van der Waals surface area contributed by atoms with Crippen LogP contribution in [0.1, 0.15) is 12.0 Å². The zero-order valence-electron chi connectivity index (χ0n) is 12.6. The summed E-state index contributed by atoms with van der Waals surface area (Å²) in [6, 6.07) is 12.4. The number of hydrogen-bond donors (Lipinski definition) is 2. The number of fused-ring (bicyclic) bond motifs is 1. The third-order valence-electron chi connectivity index (χ3n) is 3.68. The fraction of sp³-hybridized carbons (Fsp3) is 0.111. The van der Waals surface area contributed by atoms with Crippen LogP contribution in [0.25, 0.3) is 10.9 Å². The number of pyridine rings is 1. The van der Waals surface area contributed by atoms with Crippen LogP contribution in [0.2, 0.25) is 0 Å². The van der Waals surface area contributed by atoms with Crippen molar-refractivity contribution in [2.45, 2.75) is 12.8 Å². The maximum Gasteiger partial charge on any atom is 0.251 e. The first kappa shape index (κ1) is 15.9. The number of anilines is 1. The highest BCUT2D eigenvalue weighted by Gasteiger charge is 2.12. The van der Waals surface area contributed by atoms with Gasteiger partial charge in [0, 0.05) is 17.5 Å². The van der Waals surface area contributed by atoms with Crippen molar-refractivity contribution < 1.29 is 13.6 Å². The van der Waals surface area contributed by atoms with Gasteiger partial charge in [-0.25, -0.2) is 8.78 Å². The lowest BCUT2D eigenvalue weighted by Gasteiger charge is -2.07. The molecule has 0 aliphatic rings. The Balaban J connectivity index is 1.73. The molecule has 0 radical (unpaired) electrons. The minimum Gasteiger partial charge on any atom is -0.322 e. The number of amides is 1. The summed E-state index contributed by atoms with van der Waals surface area (Å²) in [6.07, 6.45) is 0.108. The van der Waals surface area contributed by atoms with Gasteiger partial charge in [0.05, 0.1) is 0 Å². The third kappa shape index (κ3) is 3.32. The highest BCUT2D eigenvalue weighted by Crippen LogP contribution is 2.18. The molecule has 4 nitrogen and oxygen atoms in total. The van der Waals surface area contributed by atoms with E-state index in [9.17, 15) is 18.4 Å². The first-order chi connectivity index (χ1) is 11.5. The van der Waals surface area contributed by atoms with E-state index in [4.69, 9.17) is 0 Å². The van der Waals surface area contributed by atoms with Crippen molar-refractivity contribution in [3.63, 3.8) is 0 Å². The molecule has 0 atom stereocenters. The van der Waals surface area contributed by atoms with Crippen molar-refractivity contribution in [1.82, 2.24) is 4.98 Å². The van der Waals surface area contributed by atoms with Crippen LogP contribution in [0.4, 0.5) is 14.5 Å². The molecule has 122 valence electrons. The molecule has 1 heterocycles. The summed E-state index contributed by atoms with van der Waals surface area (Å²) in [4.78, 5) is 26.7. The summed E-state index contributed by atoms with van der Waals surface area (Å²) in [5.74, 6) is -2.25. The molecule has 3 aromatic rings. The molecule has 0 spiro atoms. The van der Waals surface area contributed by atoms with Gasteiger partial charge in [-0.15, -0.1) is 0 Å². The van der Waals surface area contributed by atoms with Crippen LogP contribution in [0.15, 0.2) is 53.3 Å². The van der Waals surface area contributed by atoms with E-state index >= 15 is 0 Å². The van der Waals surface area contributed by atoms with E-state index in [1.165, 1.54) is 6.07 Å². The molecule has 0 aliphatic carbocycles. The maximum atomic E-state index is 13.5. The van der Waals surface area contributed by atoms with Gasteiger partial charge < -0.3 is 10.3 Å². The highest BCUT2D eigenvalue weighted by molar-refractivity contribution is 5.91. The topological polar surface area (TPSA) is 62.0 Å². The largest absolute Gasteiger partial charge is 0.322 e.